The number of hydrogen-bond acceptors (Lipinski definition) is 4. The average Bonchev–Trinajstić information content (AvgIpc) is 3.18. The van der Waals surface area contributed by atoms with Gasteiger partial charge in [0.05, 0.1) is 0 Å². The van der Waals surface area contributed by atoms with Crippen LogP contribution in [0.3, 0.4) is 0 Å². The molecule has 0 radical (unpaired) electrons. The molecule has 0 unspecified atom stereocenters. The molecule has 1 fully saturated rings. The molecule has 0 spiro atoms. The van der Waals surface area contributed by atoms with Crippen LogP contribution >= 0.6 is 0 Å². The molecular weight excluding hydrogens is 338 g/mol. The number of likely N-dealkylation sites (tertiary alicyclic amines) is 1. The maximum atomic E-state index is 12.8. The summed E-state index contributed by atoms with van der Waals surface area (Å²) in [5.41, 5.74) is 3.94. The van der Waals surface area contributed by atoms with Gasteiger partial charge < -0.3 is 9.42 Å². The SMILES string of the molecule is Cc1cccc(-c2noc(C3CCN(C(=O)c4ccccc4C)CC3)n2)c1. The number of hydrogen-bond donors (Lipinski definition) is 0. The summed E-state index contributed by atoms with van der Waals surface area (Å²) in [4.78, 5) is 19.3. The highest BCUT2D eigenvalue weighted by Crippen LogP contribution is 2.29. The molecule has 5 nitrogen and oxygen atoms in total. The van der Waals surface area contributed by atoms with E-state index in [1.165, 1.54) is 5.56 Å². The Morgan fingerprint density at radius 3 is 2.59 bits per heavy atom. The van der Waals surface area contributed by atoms with E-state index in [4.69, 9.17) is 4.52 Å². The van der Waals surface area contributed by atoms with E-state index >= 15 is 0 Å². The first kappa shape index (κ1) is 17.5. The van der Waals surface area contributed by atoms with Crippen molar-refractivity contribution < 1.29 is 9.32 Å². The lowest BCUT2D eigenvalue weighted by molar-refractivity contribution is 0.0704. The van der Waals surface area contributed by atoms with Gasteiger partial charge in [0.25, 0.3) is 5.91 Å². The number of benzene rings is 2. The summed E-state index contributed by atoms with van der Waals surface area (Å²) in [5.74, 6) is 1.62. The largest absolute Gasteiger partial charge is 0.339 e. The number of nitrogens with zero attached hydrogens (tertiary/aromatic N) is 3. The molecule has 1 saturated heterocycles. The van der Waals surface area contributed by atoms with E-state index in [-0.39, 0.29) is 11.8 Å². The molecule has 0 saturated carbocycles. The summed E-state index contributed by atoms with van der Waals surface area (Å²) >= 11 is 0. The van der Waals surface area contributed by atoms with E-state index in [9.17, 15) is 4.79 Å². The number of rotatable bonds is 3. The van der Waals surface area contributed by atoms with Crippen LogP contribution in [-0.4, -0.2) is 34.0 Å². The summed E-state index contributed by atoms with van der Waals surface area (Å²) in [6, 6.07) is 15.8. The topological polar surface area (TPSA) is 59.2 Å². The number of carbonyl (C=O) groups excluding carboxylic acids is 1. The molecule has 1 amide bonds. The highest BCUT2D eigenvalue weighted by Gasteiger charge is 2.28. The van der Waals surface area contributed by atoms with Crippen molar-refractivity contribution in [2.75, 3.05) is 13.1 Å². The lowest BCUT2D eigenvalue weighted by Crippen LogP contribution is -2.38. The molecule has 0 aliphatic carbocycles. The van der Waals surface area contributed by atoms with E-state index in [1.54, 1.807) is 0 Å². The molecule has 2 heterocycles. The standard InChI is InChI=1S/C22H23N3O2/c1-15-6-5-8-18(14-15)20-23-21(27-24-20)17-10-12-25(13-11-17)22(26)19-9-4-3-7-16(19)2/h3-9,14,17H,10-13H2,1-2H3. The van der Waals surface area contributed by atoms with Gasteiger partial charge in [-0.15, -0.1) is 0 Å². The predicted octanol–water partition coefficient (Wildman–Crippen LogP) is 4.37. The minimum absolute atomic E-state index is 0.109. The Hall–Kier alpha value is -2.95. The molecule has 4 rings (SSSR count). The number of carbonyl (C=O) groups is 1. The fraction of sp³-hybridized carbons (Fsp3) is 0.318. The molecule has 1 aromatic heterocycles. The smallest absolute Gasteiger partial charge is 0.254 e. The second-order valence-electron chi connectivity index (χ2n) is 7.21. The summed E-state index contributed by atoms with van der Waals surface area (Å²) in [6.45, 7) is 5.44. The van der Waals surface area contributed by atoms with Gasteiger partial charge in [0.1, 0.15) is 0 Å². The van der Waals surface area contributed by atoms with Crippen LogP contribution in [0.1, 0.15) is 46.1 Å². The second kappa shape index (κ2) is 7.35. The van der Waals surface area contributed by atoms with Crippen molar-refractivity contribution in [2.45, 2.75) is 32.6 Å². The lowest BCUT2D eigenvalue weighted by atomic mass is 9.96. The van der Waals surface area contributed by atoms with Crippen LogP contribution in [0.15, 0.2) is 53.1 Å². The van der Waals surface area contributed by atoms with E-state index in [1.807, 2.05) is 61.2 Å². The van der Waals surface area contributed by atoms with E-state index in [0.717, 1.165) is 29.5 Å². The summed E-state index contributed by atoms with van der Waals surface area (Å²) < 4.78 is 5.53. The Balaban J connectivity index is 1.43. The minimum Gasteiger partial charge on any atom is -0.339 e. The molecular formula is C22H23N3O2. The Bertz CT molecular complexity index is 955. The predicted molar refractivity (Wildman–Crippen MR) is 104 cm³/mol. The normalized spacial score (nSPS) is 15.1. The third kappa shape index (κ3) is 3.63. The van der Waals surface area contributed by atoms with Crippen LogP contribution in [0.5, 0.6) is 0 Å². The summed E-state index contributed by atoms with van der Waals surface area (Å²) in [7, 11) is 0. The van der Waals surface area contributed by atoms with Crippen molar-refractivity contribution in [3.8, 4) is 11.4 Å². The first-order chi connectivity index (χ1) is 13.1. The van der Waals surface area contributed by atoms with Crippen molar-refractivity contribution >= 4 is 5.91 Å². The van der Waals surface area contributed by atoms with Crippen molar-refractivity contribution in [3.05, 3.63) is 71.1 Å². The Morgan fingerprint density at radius 1 is 1.07 bits per heavy atom. The Morgan fingerprint density at radius 2 is 1.85 bits per heavy atom. The number of piperidine rings is 1. The second-order valence-corrected chi connectivity index (χ2v) is 7.21. The van der Waals surface area contributed by atoms with Crippen LogP contribution in [0.25, 0.3) is 11.4 Å². The average molecular weight is 361 g/mol. The molecule has 0 atom stereocenters. The molecule has 0 bridgehead atoms. The van der Waals surface area contributed by atoms with Gasteiger partial charge in [-0.2, -0.15) is 4.98 Å². The van der Waals surface area contributed by atoms with Crippen LogP contribution in [-0.2, 0) is 0 Å². The fourth-order valence-electron chi connectivity index (χ4n) is 3.62. The van der Waals surface area contributed by atoms with Crippen LogP contribution < -0.4 is 0 Å². The quantitative estimate of drug-likeness (QED) is 0.695. The van der Waals surface area contributed by atoms with Gasteiger partial charge in [0.15, 0.2) is 0 Å². The van der Waals surface area contributed by atoms with Gasteiger partial charge in [-0.05, 0) is 44.4 Å². The number of aryl methyl sites for hydroxylation is 2. The number of aromatic nitrogens is 2. The van der Waals surface area contributed by atoms with Gasteiger partial charge in [0, 0.05) is 30.1 Å². The van der Waals surface area contributed by atoms with Crippen LogP contribution in [0.2, 0.25) is 0 Å². The maximum Gasteiger partial charge on any atom is 0.254 e. The van der Waals surface area contributed by atoms with Crippen molar-refractivity contribution in [1.82, 2.24) is 15.0 Å². The molecule has 0 N–H and O–H groups in total. The first-order valence-corrected chi connectivity index (χ1v) is 9.37. The molecule has 5 heteroatoms. The zero-order chi connectivity index (χ0) is 18.8. The van der Waals surface area contributed by atoms with Gasteiger partial charge >= 0.3 is 0 Å². The Kier molecular flexibility index (Phi) is 4.75. The summed E-state index contributed by atoms with van der Waals surface area (Å²) in [5, 5.41) is 4.15. The molecule has 1 aliphatic rings. The molecule has 2 aromatic carbocycles. The maximum absolute atomic E-state index is 12.8. The van der Waals surface area contributed by atoms with Gasteiger partial charge in [-0.1, -0.05) is 47.1 Å². The highest BCUT2D eigenvalue weighted by atomic mass is 16.5. The lowest BCUT2D eigenvalue weighted by Gasteiger charge is -2.30. The van der Waals surface area contributed by atoms with Crippen LogP contribution in [0, 0.1) is 13.8 Å². The highest BCUT2D eigenvalue weighted by molar-refractivity contribution is 5.95. The van der Waals surface area contributed by atoms with Crippen molar-refractivity contribution in [2.24, 2.45) is 0 Å². The first-order valence-electron chi connectivity index (χ1n) is 9.37. The van der Waals surface area contributed by atoms with Gasteiger partial charge in [-0.25, -0.2) is 0 Å². The van der Waals surface area contributed by atoms with E-state index < -0.39 is 0 Å². The van der Waals surface area contributed by atoms with Gasteiger partial charge in [0.2, 0.25) is 11.7 Å². The van der Waals surface area contributed by atoms with Crippen LogP contribution in [0.4, 0.5) is 0 Å². The molecule has 27 heavy (non-hydrogen) atoms. The third-order valence-corrected chi connectivity index (χ3v) is 5.22. The van der Waals surface area contributed by atoms with E-state index in [0.29, 0.717) is 24.8 Å². The fourth-order valence-corrected chi connectivity index (χ4v) is 3.62. The van der Waals surface area contributed by atoms with E-state index in [2.05, 4.69) is 16.2 Å². The summed E-state index contributed by atoms with van der Waals surface area (Å²) in [6.07, 6.45) is 1.68. The minimum atomic E-state index is 0.109. The monoisotopic (exact) mass is 361 g/mol. The van der Waals surface area contributed by atoms with Crippen molar-refractivity contribution in [1.29, 1.82) is 0 Å². The zero-order valence-corrected chi connectivity index (χ0v) is 15.7. The Labute approximate surface area is 159 Å². The third-order valence-electron chi connectivity index (χ3n) is 5.22. The molecule has 3 aromatic rings. The zero-order valence-electron chi connectivity index (χ0n) is 15.7. The molecule has 138 valence electrons. The van der Waals surface area contributed by atoms with Gasteiger partial charge in [-0.3, -0.25) is 4.79 Å². The van der Waals surface area contributed by atoms with Crippen molar-refractivity contribution in [3.63, 3.8) is 0 Å². The molecule has 1 aliphatic heterocycles. The number of amides is 1.